The minimum absolute atomic E-state index is 0.748. The average Bonchev–Trinajstić information content (AvgIpc) is 2.00. The van der Waals surface area contributed by atoms with E-state index in [0.717, 1.165) is 10.0 Å². The van der Waals surface area contributed by atoms with Crippen molar-refractivity contribution >= 4 is 19.6 Å². The predicted molar refractivity (Wildman–Crippen MR) is 46.4 cm³/mol. The zero-order valence-corrected chi connectivity index (χ0v) is 10.5. The number of hydrogen-bond donors (Lipinski definition) is 0. The van der Waals surface area contributed by atoms with Gasteiger partial charge in [-0.05, 0) is 0 Å². The molecule has 0 bridgehead atoms. The molecule has 0 aromatic heterocycles. The zero-order chi connectivity index (χ0) is 8.91. The summed E-state index contributed by atoms with van der Waals surface area (Å²) in [6.45, 7) is 5.74. The molecule has 0 aromatic rings. The van der Waals surface area contributed by atoms with Gasteiger partial charge < -0.3 is 0 Å². The molecule has 0 radical (unpaired) electrons. The van der Waals surface area contributed by atoms with E-state index in [1.165, 1.54) is 0 Å². The first kappa shape index (κ1) is 11.4. The molecule has 0 N–H and O–H groups in total. The Balaban J connectivity index is 4.16. The Morgan fingerprint density at radius 2 is 1.55 bits per heavy atom. The van der Waals surface area contributed by atoms with Crippen LogP contribution in [0, 0.1) is 0 Å². The molecule has 0 heterocycles. The number of rotatable bonds is 5. The third-order valence-electron chi connectivity index (χ3n) is 1.45. The molecule has 0 amide bonds. The van der Waals surface area contributed by atoms with E-state index in [4.69, 9.17) is 9.22 Å². The molecule has 11 heavy (non-hydrogen) atoms. The molecule has 0 saturated heterocycles. The van der Waals surface area contributed by atoms with Crippen molar-refractivity contribution in [2.24, 2.45) is 0 Å². The summed E-state index contributed by atoms with van der Waals surface area (Å²) in [5.74, 6) is 0. The van der Waals surface area contributed by atoms with Crippen molar-refractivity contribution < 1.29 is 9.22 Å². The summed E-state index contributed by atoms with van der Waals surface area (Å²) in [5, 5.41) is 0. The van der Waals surface area contributed by atoms with Crippen molar-refractivity contribution in [1.82, 2.24) is 0 Å². The van der Waals surface area contributed by atoms with Crippen molar-refractivity contribution in [3.05, 3.63) is 12.2 Å². The second-order valence-electron chi connectivity index (χ2n) is 2.43. The second kappa shape index (κ2) is 5.13. The zero-order valence-electron chi connectivity index (χ0n) is 7.64. The van der Waals surface area contributed by atoms with E-state index in [9.17, 15) is 0 Å². The van der Waals surface area contributed by atoms with Crippen molar-refractivity contribution in [1.29, 1.82) is 0 Å². The second-order valence-corrected chi connectivity index (χ2v) is 10.8. The molecule has 0 fully saturated rings. The molecule has 0 aliphatic rings. The van der Waals surface area contributed by atoms with E-state index >= 15 is 0 Å². The van der Waals surface area contributed by atoms with Gasteiger partial charge in [-0.2, -0.15) is 0 Å². The van der Waals surface area contributed by atoms with Crippen molar-refractivity contribution in [2.75, 3.05) is 21.3 Å². The predicted octanol–water partition coefficient (Wildman–Crippen LogP) is 1.44. The Hall–Kier alpha value is 0.419. The van der Waals surface area contributed by atoms with Crippen LogP contribution in [-0.4, -0.2) is 40.9 Å². The van der Waals surface area contributed by atoms with Crippen LogP contribution in [0.2, 0.25) is 4.44 Å². The van der Waals surface area contributed by atoms with Crippen LogP contribution in [0.15, 0.2) is 12.2 Å². The monoisotopic (exact) mass is 268 g/mol. The van der Waals surface area contributed by atoms with Crippen molar-refractivity contribution in [3.63, 3.8) is 0 Å². The summed E-state index contributed by atoms with van der Waals surface area (Å²) in [7, 11) is 4.89. The fourth-order valence-corrected chi connectivity index (χ4v) is 5.61. The summed E-state index contributed by atoms with van der Waals surface area (Å²) < 4.78 is 16.5. The Morgan fingerprint density at radius 1 is 1.18 bits per heavy atom. The molecule has 0 unspecified atom stereocenters. The van der Waals surface area contributed by atoms with Crippen LogP contribution >= 0.6 is 0 Å². The van der Waals surface area contributed by atoms with Gasteiger partial charge in [0.15, 0.2) is 0 Å². The van der Waals surface area contributed by atoms with Gasteiger partial charge in [-0.25, -0.2) is 0 Å². The van der Waals surface area contributed by atoms with Crippen LogP contribution in [-0.2, 0) is 9.22 Å². The summed E-state index contributed by atoms with van der Waals surface area (Å²) in [5.41, 5.74) is 1.05. The van der Waals surface area contributed by atoms with E-state index < -0.39 is 19.6 Å². The Kier molecular flexibility index (Phi) is 5.33. The summed E-state index contributed by atoms with van der Waals surface area (Å²) in [4.78, 5) is 0. The Morgan fingerprint density at radius 3 is 1.64 bits per heavy atom. The molecule has 0 aromatic carbocycles. The fraction of sp³-hybridized carbons (Fsp3) is 0.714. The van der Waals surface area contributed by atoms with Gasteiger partial charge in [0.05, 0.1) is 0 Å². The Labute approximate surface area is 73.8 Å². The van der Waals surface area contributed by atoms with Crippen LogP contribution in [0.3, 0.4) is 0 Å². The van der Waals surface area contributed by atoms with Crippen LogP contribution < -0.4 is 0 Å². The van der Waals surface area contributed by atoms with Crippen LogP contribution in [0.1, 0.15) is 6.92 Å². The minimum atomic E-state index is -3.11. The van der Waals surface area contributed by atoms with Gasteiger partial charge >= 0.3 is 73.7 Å². The average molecular weight is 267 g/mol. The topological polar surface area (TPSA) is 27.7 Å². The number of allylic oxidation sites excluding steroid dienone is 1. The SMILES string of the molecule is C=C(C)[CH2][Sn]([O]C)([O]C)[O]C. The van der Waals surface area contributed by atoms with Gasteiger partial charge in [0, 0.05) is 0 Å². The van der Waals surface area contributed by atoms with Crippen molar-refractivity contribution in [3.8, 4) is 0 Å². The van der Waals surface area contributed by atoms with E-state index in [1.54, 1.807) is 21.3 Å². The molecule has 3 nitrogen and oxygen atoms in total. The van der Waals surface area contributed by atoms with Crippen LogP contribution in [0.5, 0.6) is 0 Å². The molecule has 4 heteroatoms. The maximum absolute atomic E-state index is 5.25. The number of hydrogen-bond acceptors (Lipinski definition) is 3. The van der Waals surface area contributed by atoms with Gasteiger partial charge in [-0.15, -0.1) is 0 Å². The molecule has 0 aliphatic carbocycles. The molecule has 0 saturated carbocycles. The molecule has 0 aliphatic heterocycles. The third-order valence-corrected chi connectivity index (χ3v) is 9.74. The van der Waals surface area contributed by atoms with E-state index in [1.807, 2.05) is 6.92 Å². The summed E-state index contributed by atoms with van der Waals surface area (Å²) in [6.07, 6.45) is 0. The standard InChI is InChI=1S/C4H7.3CH3O.Sn/c1-4(2)3;3*1-2;/h1-2H2,3H3;3*1H3;/q;3*-1;+3. The molecule has 0 atom stereocenters. The van der Waals surface area contributed by atoms with Gasteiger partial charge in [0.1, 0.15) is 0 Å². The summed E-state index contributed by atoms with van der Waals surface area (Å²) >= 11 is -3.11. The van der Waals surface area contributed by atoms with E-state index in [2.05, 4.69) is 6.58 Å². The summed E-state index contributed by atoms with van der Waals surface area (Å²) in [6, 6.07) is 0. The van der Waals surface area contributed by atoms with Gasteiger partial charge in [-0.1, -0.05) is 0 Å². The van der Waals surface area contributed by atoms with Gasteiger partial charge in [-0.3, -0.25) is 0 Å². The first-order valence-corrected chi connectivity index (χ1v) is 8.91. The first-order chi connectivity index (χ1) is 5.10. The van der Waals surface area contributed by atoms with E-state index in [0.29, 0.717) is 0 Å². The molecule has 0 spiro atoms. The van der Waals surface area contributed by atoms with Crippen molar-refractivity contribution in [2.45, 2.75) is 11.4 Å². The van der Waals surface area contributed by atoms with Crippen LogP contribution in [0.4, 0.5) is 0 Å². The van der Waals surface area contributed by atoms with Crippen LogP contribution in [0.25, 0.3) is 0 Å². The van der Waals surface area contributed by atoms with Gasteiger partial charge in [0.25, 0.3) is 0 Å². The molecule has 0 rings (SSSR count). The normalized spacial score (nSPS) is 11.6. The quantitative estimate of drug-likeness (QED) is 0.557. The first-order valence-electron chi connectivity index (χ1n) is 3.40. The maximum atomic E-state index is 5.25. The Bertz CT molecular complexity index is 123. The molecular formula is C7H16O3Sn. The molecule has 66 valence electrons. The molecular weight excluding hydrogens is 251 g/mol. The third kappa shape index (κ3) is 3.55. The van der Waals surface area contributed by atoms with Gasteiger partial charge in [0.2, 0.25) is 0 Å². The fourth-order valence-electron chi connectivity index (χ4n) is 0.836. The van der Waals surface area contributed by atoms with E-state index in [-0.39, 0.29) is 0 Å².